The molecule has 2 atom stereocenters. The summed E-state index contributed by atoms with van der Waals surface area (Å²) in [7, 11) is 0. The number of benzene rings is 1. The number of imide groups is 1. The van der Waals surface area contributed by atoms with Crippen molar-refractivity contribution in [3.63, 3.8) is 0 Å². The smallest absolute Gasteiger partial charge is 0.325 e. The van der Waals surface area contributed by atoms with E-state index < -0.39 is 11.6 Å². The summed E-state index contributed by atoms with van der Waals surface area (Å²) < 4.78 is 0. The minimum atomic E-state index is -1.00. The Bertz CT molecular complexity index is 731. The van der Waals surface area contributed by atoms with Crippen LogP contribution in [0.1, 0.15) is 51.2 Å². The van der Waals surface area contributed by atoms with E-state index in [-0.39, 0.29) is 24.4 Å². The summed E-state index contributed by atoms with van der Waals surface area (Å²) in [5.74, 6) is -0.0481. The van der Waals surface area contributed by atoms with E-state index in [1.54, 1.807) is 0 Å². The number of nitrogens with zero attached hydrogens (tertiary/aromatic N) is 1. The quantitative estimate of drug-likeness (QED) is 0.767. The maximum absolute atomic E-state index is 13.0. The molecule has 0 radical (unpaired) electrons. The van der Waals surface area contributed by atoms with E-state index in [1.807, 2.05) is 31.2 Å². The molecular weight excluding hydrogens is 330 g/mol. The van der Waals surface area contributed by atoms with Crippen LogP contribution in [0.5, 0.6) is 0 Å². The molecule has 26 heavy (non-hydrogen) atoms. The summed E-state index contributed by atoms with van der Waals surface area (Å²) in [5.41, 5.74) is 0.929. The van der Waals surface area contributed by atoms with E-state index in [0.717, 1.165) is 35.3 Å². The molecule has 1 aromatic carbocycles. The third-order valence-electron chi connectivity index (χ3n) is 5.31. The Hall–Kier alpha value is -2.37. The molecule has 0 bridgehead atoms. The van der Waals surface area contributed by atoms with Gasteiger partial charge in [-0.15, -0.1) is 0 Å². The van der Waals surface area contributed by atoms with Gasteiger partial charge in [-0.1, -0.05) is 38.1 Å². The Balaban J connectivity index is 1.66. The van der Waals surface area contributed by atoms with Gasteiger partial charge in [0.2, 0.25) is 5.91 Å². The molecule has 6 heteroatoms. The molecule has 6 nitrogen and oxygen atoms in total. The second kappa shape index (κ2) is 7.09. The second-order valence-electron chi connectivity index (χ2n) is 7.82. The first kappa shape index (κ1) is 18.4. The number of hydrogen-bond donors (Lipinski definition) is 2. The van der Waals surface area contributed by atoms with Gasteiger partial charge in [-0.2, -0.15) is 0 Å². The first-order valence-electron chi connectivity index (χ1n) is 9.35. The van der Waals surface area contributed by atoms with E-state index in [0.29, 0.717) is 12.3 Å². The normalized spacial score (nSPS) is 22.7. The molecule has 4 amide bonds. The van der Waals surface area contributed by atoms with Crippen LogP contribution < -0.4 is 10.6 Å². The van der Waals surface area contributed by atoms with Gasteiger partial charge in [0.25, 0.3) is 5.91 Å². The average molecular weight is 357 g/mol. The SMILES string of the molecule is CC(C)CC[C@H](C)NC(=O)CN1C(=O)N[C@@]2(CCc3ccccc32)C1=O. The van der Waals surface area contributed by atoms with Crippen LogP contribution in [0.25, 0.3) is 0 Å². The molecule has 0 unspecified atom stereocenters. The molecule has 1 spiro atoms. The number of urea groups is 1. The molecule has 1 heterocycles. The van der Waals surface area contributed by atoms with E-state index >= 15 is 0 Å². The van der Waals surface area contributed by atoms with Crippen LogP contribution in [0.15, 0.2) is 24.3 Å². The van der Waals surface area contributed by atoms with Crippen LogP contribution in [0, 0.1) is 5.92 Å². The zero-order chi connectivity index (χ0) is 18.9. The third-order valence-corrected chi connectivity index (χ3v) is 5.31. The van der Waals surface area contributed by atoms with Crippen LogP contribution >= 0.6 is 0 Å². The molecule has 0 aromatic heterocycles. The number of fused-ring (bicyclic) bond motifs is 2. The minimum absolute atomic E-state index is 0.0202. The van der Waals surface area contributed by atoms with Crippen molar-refractivity contribution in [2.45, 2.75) is 58.0 Å². The number of nitrogens with one attached hydrogen (secondary N) is 2. The Labute approximate surface area is 154 Å². The van der Waals surface area contributed by atoms with Crippen LogP contribution in [0.3, 0.4) is 0 Å². The highest BCUT2D eigenvalue weighted by molar-refractivity contribution is 6.09. The molecule has 2 aliphatic rings. The molecule has 1 fully saturated rings. The van der Waals surface area contributed by atoms with E-state index in [4.69, 9.17) is 0 Å². The zero-order valence-electron chi connectivity index (χ0n) is 15.7. The van der Waals surface area contributed by atoms with Crippen molar-refractivity contribution in [2.75, 3.05) is 6.54 Å². The van der Waals surface area contributed by atoms with Crippen molar-refractivity contribution in [1.29, 1.82) is 0 Å². The lowest BCUT2D eigenvalue weighted by Crippen LogP contribution is -2.45. The molecule has 1 aliphatic heterocycles. The van der Waals surface area contributed by atoms with Gasteiger partial charge in [-0.3, -0.25) is 14.5 Å². The summed E-state index contributed by atoms with van der Waals surface area (Å²) in [4.78, 5) is 38.8. The van der Waals surface area contributed by atoms with Crippen molar-refractivity contribution >= 4 is 17.8 Å². The highest BCUT2D eigenvalue weighted by Crippen LogP contribution is 2.41. The van der Waals surface area contributed by atoms with Crippen molar-refractivity contribution in [1.82, 2.24) is 15.5 Å². The van der Waals surface area contributed by atoms with Gasteiger partial charge in [0, 0.05) is 6.04 Å². The molecule has 1 saturated heterocycles. The van der Waals surface area contributed by atoms with Gasteiger partial charge in [0.15, 0.2) is 0 Å². The van der Waals surface area contributed by atoms with Crippen LogP contribution in [0.2, 0.25) is 0 Å². The van der Waals surface area contributed by atoms with Gasteiger partial charge in [-0.05, 0) is 49.7 Å². The van der Waals surface area contributed by atoms with Gasteiger partial charge in [0.1, 0.15) is 12.1 Å². The van der Waals surface area contributed by atoms with Crippen molar-refractivity contribution in [3.05, 3.63) is 35.4 Å². The molecule has 1 aromatic rings. The number of amides is 4. The molecule has 1 aliphatic carbocycles. The van der Waals surface area contributed by atoms with Gasteiger partial charge in [-0.25, -0.2) is 4.79 Å². The number of carbonyl (C=O) groups is 3. The van der Waals surface area contributed by atoms with Crippen LogP contribution in [0.4, 0.5) is 4.79 Å². The van der Waals surface area contributed by atoms with Gasteiger partial charge in [0.05, 0.1) is 0 Å². The molecule has 0 saturated carbocycles. The van der Waals surface area contributed by atoms with Gasteiger partial charge >= 0.3 is 6.03 Å². The fourth-order valence-electron chi connectivity index (χ4n) is 3.85. The van der Waals surface area contributed by atoms with E-state index in [2.05, 4.69) is 24.5 Å². The number of rotatable bonds is 6. The fraction of sp³-hybridized carbons (Fsp3) is 0.550. The summed E-state index contributed by atoms with van der Waals surface area (Å²) in [6, 6.07) is 7.20. The summed E-state index contributed by atoms with van der Waals surface area (Å²) in [6.07, 6.45) is 3.18. The average Bonchev–Trinajstić information content (AvgIpc) is 3.07. The first-order chi connectivity index (χ1) is 12.3. The predicted molar refractivity (Wildman–Crippen MR) is 98.4 cm³/mol. The van der Waals surface area contributed by atoms with Crippen molar-refractivity contribution in [3.8, 4) is 0 Å². The third kappa shape index (κ3) is 3.32. The molecule has 140 valence electrons. The number of carbonyl (C=O) groups excluding carboxylic acids is 3. The van der Waals surface area contributed by atoms with E-state index in [9.17, 15) is 14.4 Å². The highest BCUT2D eigenvalue weighted by Gasteiger charge is 2.55. The maximum Gasteiger partial charge on any atom is 0.325 e. The fourth-order valence-corrected chi connectivity index (χ4v) is 3.85. The van der Waals surface area contributed by atoms with Crippen molar-refractivity contribution in [2.24, 2.45) is 5.92 Å². The number of aryl methyl sites for hydroxylation is 1. The monoisotopic (exact) mass is 357 g/mol. The highest BCUT2D eigenvalue weighted by atomic mass is 16.2. The minimum Gasteiger partial charge on any atom is -0.352 e. The Kier molecular flexibility index (Phi) is 5.03. The first-order valence-corrected chi connectivity index (χ1v) is 9.35. The van der Waals surface area contributed by atoms with E-state index in [1.165, 1.54) is 0 Å². The second-order valence-corrected chi connectivity index (χ2v) is 7.82. The molecule has 2 N–H and O–H groups in total. The summed E-state index contributed by atoms with van der Waals surface area (Å²) in [6.45, 7) is 5.99. The topological polar surface area (TPSA) is 78.5 Å². The van der Waals surface area contributed by atoms with Crippen LogP contribution in [-0.2, 0) is 21.5 Å². The zero-order valence-corrected chi connectivity index (χ0v) is 15.7. The largest absolute Gasteiger partial charge is 0.352 e. The summed E-state index contributed by atoms with van der Waals surface area (Å²) in [5, 5.41) is 5.73. The predicted octanol–water partition coefficient (Wildman–Crippen LogP) is 2.32. The Morgan fingerprint density at radius 1 is 1.23 bits per heavy atom. The molecule has 3 rings (SSSR count). The van der Waals surface area contributed by atoms with Gasteiger partial charge < -0.3 is 10.6 Å². The lowest BCUT2D eigenvalue weighted by atomic mass is 9.92. The number of hydrogen-bond acceptors (Lipinski definition) is 3. The van der Waals surface area contributed by atoms with Crippen LogP contribution in [-0.4, -0.2) is 35.3 Å². The Morgan fingerprint density at radius 2 is 1.96 bits per heavy atom. The maximum atomic E-state index is 13.0. The lowest BCUT2D eigenvalue weighted by molar-refractivity contribution is -0.135. The van der Waals surface area contributed by atoms with Crippen molar-refractivity contribution < 1.29 is 14.4 Å². The lowest BCUT2D eigenvalue weighted by Gasteiger charge is -2.22. The molecular formula is C20H27N3O3. The summed E-state index contributed by atoms with van der Waals surface area (Å²) >= 11 is 0. The standard InChI is InChI=1S/C20H27N3O3/c1-13(2)8-9-14(3)21-17(24)12-23-18(25)20(22-19(23)26)11-10-15-6-4-5-7-16(15)20/h4-7,13-14H,8-12H2,1-3H3,(H,21,24)(H,22,26)/t14-,20+/m0/s1. The Morgan fingerprint density at radius 3 is 2.69 bits per heavy atom.